The first kappa shape index (κ1) is 26.9. The highest BCUT2D eigenvalue weighted by Crippen LogP contribution is 2.49. The summed E-state index contributed by atoms with van der Waals surface area (Å²) in [5.74, 6) is -1.40. The monoisotopic (exact) mass is 523 g/mol. The summed E-state index contributed by atoms with van der Waals surface area (Å²) in [6.45, 7) is 5.70. The molecule has 1 saturated heterocycles. The summed E-state index contributed by atoms with van der Waals surface area (Å²) in [6, 6.07) is -0.754. The van der Waals surface area contributed by atoms with Gasteiger partial charge < -0.3 is 10.1 Å². The molecule has 3 fully saturated rings. The summed E-state index contributed by atoms with van der Waals surface area (Å²) in [5.41, 5.74) is -2.01. The molecular weight excluding hydrogens is 482 g/mol. The van der Waals surface area contributed by atoms with Gasteiger partial charge in [-0.2, -0.15) is 0 Å². The number of nitrogens with zero attached hydrogens (tertiary/aromatic N) is 1. The average molecular weight is 524 g/mol. The molecule has 0 bridgehead atoms. The number of amides is 3. The Bertz CT molecular complexity index is 1010. The smallest absolute Gasteiger partial charge is 0.410 e. The van der Waals surface area contributed by atoms with Gasteiger partial charge in [0.25, 0.3) is 5.91 Å². The van der Waals surface area contributed by atoms with Crippen LogP contribution in [0.4, 0.5) is 4.79 Å². The maximum atomic E-state index is 13.5. The molecule has 2 heterocycles. The second kappa shape index (κ2) is 9.99. The van der Waals surface area contributed by atoms with E-state index >= 15 is 0 Å². The topological polar surface area (TPSA) is 122 Å². The normalized spacial score (nSPS) is 32.0. The molecule has 2 N–H and O–H groups in total. The molecule has 0 aromatic heterocycles. The first-order valence-electron chi connectivity index (χ1n) is 13.4. The predicted octanol–water partition coefficient (Wildman–Crippen LogP) is 3.54. The summed E-state index contributed by atoms with van der Waals surface area (Å²) in [5, 5.41) is 2.87. The standard InChI is InChI=1S/C26H41N3O6S/c1-24(2,3)35-23(32)29-17-11-13-20(29)21(30)27-26-18-19(26)12-9-7-5-4-6-8-10-14-25(15-16-25)36(33,34)28-22(26)31/h9,12,19-20H,4-8,10-11,13-18H2,1-3H3,(H,27,30)(H,28,31)/t19-,20+,26-/m1/s1. The Morgan fingerprint density at radius 3 is 2.47 bits per heavy atom. The number of ether oxygens (including phenoxy) is 1. The lowest BCUT2D eigenvalue weighted by Gasteiger charge is -2.29. The number of hydrogen-bond donors (Lipinski definition) is 2. The Labute approximate surface area is 214 Å². The van der Waals surface area contributed by atoms with E-state index in [0.717, 1.165) is 38.5 Å². The number of likely N-dealkylation sites (tertiary alicyclic amines) is 1. The Morgan fingerprint density at radius 1 is 1.08 bits per heavy atom. The lowest BCUT2D eigenvalue weighted by Crippen LogP contribution is -2.57. The Balaban J connectivity index is 1.52. The average Bonchev–Trinajstić information content (AvgIpc) is 3.65. The van der Waals surface area contributed by atoms with Crippen LogP contribution in [-0.2, 0) is 24.3 Å². The fraction of sp³-hybridized carbons (Fsp3) is 0.808. The van der Waals surface area contributed by atoms with Crippen LogP contribution >= 0.6 is 0 Å². The van der Waals surface area contributed by atoms with Crippen molar-refractivity contribution in [1.82, 2.24) is 14.9 Å². The second-order valence-corrected chi connectivity index (χ2v) is 14.0. The SMILES string of the molecule is CC(C)(C)OC(=O)N1CCC[C@H]1C(=O)N[C@]12C[C@H]1C=CCCCCCCCC1(CC1)S(=O)(=O)NC2=O. The number of allylic oxidation sites excluding steroid dienone is 1. The molecule has 9 nitrogen and oxygen atoms in total. The third-order valence-electron chi connectivity index (χ3n) is 7.93. The third kappa shape index (κ3) is 5.73. The molecule has 10 heteroatoms. The summed E-state index contributed by atoms with van der Waals surface area (Å²) < 4.78 is 33.4. The minimum atomic E-state index is -3.86. The largest absolute Gasteiger partial charge is 0.444 e. The van der Waals surface area contributed by atoms with E-state index in [1.807, 2.05) is 12.2 Å². The minimum Gasteiger partial charge on any atom is -0.444 e. The van der Waals surface area contributed by atoms with E-state index in [1.54, 1.807) is 20.8 Å². The van der Waals surface area contributed by atoms with Crippen LogP contribution in [0.25, 0.3) is 0 Å². The van der Waals surface area contributed by atoms with E-state index in [2.05, 4.69) is 10.0 Å². The summed E-state index contributed by atoms with van der Waals surface area (Å²) in [7, 11) is -3.86. The number of sulfonamides is 1. The van der Waals surface area contributed by atoms with Gasteiger partial charge in [-0.25, -0.2) is 13.2 Å². The molecule has 36 heavy (non-hydrogen) atoms. The lowest BCUT2D eigenvalue weighted by atomic mass is 10.1. The lowest BCUT2D eigenvalue weighted by molar-refractivity contribution is -0.131. The van der Waals surface area contributed by atoms with Gasteiger partial charge in [-0.15, -0.1) is 0 Å². The van der Waals surface area contributed by atoms with Crippen LogP contribution in [0.15, 0.2) is 12.2 Å². The van der Waals surface area contributed by atoms with Crippen LogP contribution in [0.1, 0.15) is 97.8 Å². The van der Waals surface area contributed by atoms with Gasteiger partial charge in [0.15, 0.2) is 0 Å². The fourth-order valence-corrected chi connectivity index (χ4v) is 7.17. The molecule has 2 aliphatic heterocycles. The van der Waals surface area contributed by atoms with Crippen LogP contribution in [0.2, 0.25) is 0 Å². The van der Waals surface area contributed by atoms with Crippen molar-refractivity contribution in [3.63, 3.8) is 0 Å². The molecular formula is C26H41N3O6S. The van der Waals surface area contributed by atoms with Crippen LogP contribution in [-0.4, -0.2) is 59.7 Å². The van der Waals surface area contributed by atoms with Crippen molar-refractivity contribution in [2.45, 2.75) is 120 Å². The number of rotatable bonds is 2. The Hall–Kier alpha value is -2.10. The summed E-state index contributed by atoms with van der Waals surface area (Å²) in [4.78, 5) is 40.9. The zero-order valence-electron chi connectivity index (χ0n) is 21.8. The van der Waals surface area contributed by atoms with Crippen LogP contribution in [0, 0.1) is 5.92 Å². The maximum Gasteiger partial charge on any atom is 0.410 e. The fourth-order valence-electron chi connectivity index (χ4n) is 5.48. The molecule has 0 aromatic carbocycles. The van der Waals surface area contributed by atoms with Gasteiger partial charge >= 0.3 is 6.09 Å². The zero-order valence-corrected chi connectivity index (χ0v) is 22.6. The van der Waals surface area contributed by atoms with Crippen molar-refractivity contribution in [2.24, 2.45) is 5.92 Å². The van der Waals surface area contributed by atoms with E-state index in [0.29, 0.717) is 45.1 Å². The van der Waals surface area contributed by atoms with Crippen LogP contribution < -0.4 is 10.0 Å². The van der Waals surface area contributed by atoms with Gasteiger partial charge in [0.05, 0.1) is 4.75 Å². The van der Waals surface area contributed by atoms with E-state index in [1.165, 1.54) is 4.90 Å². The molecule has 2 aliphatic carbocycles. The predicted molar refractivity (Wildman–Crippen MR) is 135 cm³/mol. The molecule has 4 rings (SSSR count). The van der Waals surface area contributed by atoms with E-state index in [9.17, 15) is 22.8 Å². The van der Waals surface area contributed by atoms with Gasteiger partial charge in [-0.1, -0.05) is 37.8 Å². The van der Waals surface area contributed by atoms with Gasteiger partial charge in [0.1, 0.15) is 17.2 Å². The van der Waals surface area contributed by atoms with Crippen molar-refractivity contribution >= 4 is 27.9 Å². The number of hydrogen-bond acceptors (Lipinski definition) is 6. The molecule has 3 amide bonds. The van der Waals surface area contributed by atoms with Crippen LogP contribution in [0.5, 0.6) is 0 Å². The quantitative estimate of drug-likeness (QED) is 0.534. The molecule has 0 radical (unpaired) electrons. The highest BCUT2D eigenvalue weighted by atomic mass is 32.2. The van der Waals surface area contributed by atoms with E-state index in [-0.39, 0.29) is 5.92 Å². The zero-order chi connectivity index (χ0) is 26.2. The van der Waals surface area contributed by atoms with Gasteiger partial charge in [-0.3, -0.25) is 19.2 Å². The highest BCUT2D eigenvalue weighted by molar-refractivity contribution is 7.91. The van der Waals surface area contributed by atoms with Crippen molar-refractivity contribution in [1.29, 1.82) is 0 Å². The highest BCUT2D eigenvalue weighted by Gasteiger charge is 2.63. The molecule has 1 spiro atoms. The second-order valence-electron chi connectivity index (χ2n) is 12.0. The molecule has 2 saturated carbocycles. The van der Waals surface area contributed by atoms with Crippen molar-refractivity contribution in [3.8, 4) is 0 Å². The first-order valence-corrected chi connectivity index (χ1v) is 14.9. The number of fused-ring (bicyclic) bond motifs is 1. The van der Waals surface area contributed by atoms with Gasteiger partial charge in [-0.05, 0) is 72.1 Å². The maximum absolute atomic E-state index is 13.5. The number of carbonyl (C=O) groups is 3. The van der Waals surface area contributed by atoms with Crippen LogP contribution in [0.3, 0.4) is 0 Å². The molecule has 202 valence electrons. The van der Waals surface area contributed by atoms with Crippen molar-refractivity contribution in [2.75, 3.05) is 6.54 Å². The summed E-state index contributed by atoms with van der Waals surface area (Å²) >= 11 is 0. The Kier molecular flexibility index (Phi) is 7.48. The number of carbonyl (C=O) groups excluding carboxylic acids is 3. The van der Waals surface area contributed by atoms with Gasteiger partial charge in [0, 0.05) is 12.5 Å². The van der Waals surface area contributed by atoms with Gasteiger partial charge in [0.2, 0.25) is 15.9 Å². The van der Waals surface area contributed by atoms with E-state index in [4.69, 9.17) is 4.74 Å². The Morgan fingerprint density at radius 2 is 1.78 bits per heavy atom. The molecule has 0 aromatic rings. The third-order valence-corrected chi connectivity index (χ3v) is 10.1. The minimum absolute atomic E-state index is 0.284. The van der Waals surface area contributed by atoms with Crippen molar-refractivity contribution in [3.05, 3.63) is 12.2 Å². The first-order chi connectivity index (χ1) is 16.9. The molecule has 4 aliphatic rings. The molecule has 0 unspecified atom stereocenters. The summed E-state index contributed by atoms with van der Waals surface area (Å²) in [6.07, 6.45) is 12.5. The van der Waals surface area contributed by atoms with E-state index < -0.39 is 49.9 Å². The molecule has 3 atom stereocenters. The number of nitrogens with one attached hydrogen (secondary N) is 2. The van der Waals surface area contributed by atoms with Crippen molar-refractivity contribution < 1.29 is 27.5 Å².